The van der Waals surface area contributed by atoms with Crippen LogP contribution in [-0.2, 0) is 4.74 Å². The smallest absolute Gasteiger partial charge is 0.271 e. The molecule has 1 N–H and O–H groups in total. The van der Waals surface area contributed by atoms with E-state index in [0.29, 0.717) is 12.2 Å². The molecule has 0 aromatic carbocycles. The van der Waals surface area contributed by atoms with Gasteiger partial charge in [0.1, 0.15) is 5.69 Å². The highest BCUT2D eigenvalue weighted by Gasteiger charge is 2.31. The third-order valence-corrected chi connectivity index (χ3v) is 3.96. The molecule has 0 radical (unpaired) electrons. The third kappa shape index (κ3) is 3.52. The van der Waals surface area contributed by atoms with Gasteiger partial charge in [0, 0.05) is 37.6 Å². The van der Waals surface area contributed by atoms with Crippen molar-refractivity contribution in [2.75, 3.05) is 32.8 Å². The molecule has 6 heteroatoms. The van der Waals surface area contributed by atoms with Crippen molar-refractivity contribution >= 4 is 5.91 Å². The second kappa shape index (κ2) is 6.76. The Balaban J connectivity index is 1.94. The Morgan fingerprint density at radius 1 is 1.45 bits per heavy atom. The minimum atomic E-state index is -0.175. The summed E-state index contributed by atoms with van der Waals surface area (Å²) in [6.45, 7) is 8.25. The van der Waals surface area contributed by atoms with Crippen molar-refractivity contribution in [2.45, 2.75) is 25.8 Å². The molecule has 1 aromatic heterocycles. The van der Waals surface area contributed by atoms with E-state index in [4.69, 9.17) is 4.74 Å². The molecule has 2 heterocycles. The Kier molecular flexibility index (Phi) is 5.03. The number of aromatic nitrogens is 2. The number of amides is 1. The SMILES string of the molecule is CCC(C)(CNC(=O)c1cnccn1)N1CCOCC1. The zero-order chi connectivity index (χ0) is 14.4. The predicted octanol–water partition coefficient (Wildman–Crippen LogP) is 0.707. The summed E-state index contributed by atoms with van der Waals surface area (Å²) in [6, 6.07) is 0. The molecule has 0 bridgehead atoms. The Labute approximate surface area is 119 Å². The molecule has 110 valence electrons. The van der Waals surface area contributed by atoms with Crippen LogP contribution in [0.1, 0.15) is 30.8 Å². The van der Waals surface area contributed by atoms with Crippen LogP contribution in [0.25, 0.3) is 0 Å². The molecule has 1 unspecified atom stereocenters. The quantitative estimate of drug-likeness (QED) is 0.859. The average Bonchev–Trinajstić information content (AvgIpc) is 2.54. The van der Waals surface area contributed by atoms with Crippen LogP contribution in [-0.4, -0.2) is 59.2 Å². The second-order valence-corrected chi connectivity index (χ2v) is 5.22. The van der Waals surface area contributed by atoms with Gasteiger partial charge in [0.15, 0.2) is 0 Å². The van der Waals surface area contributed by atoms with Gasteiger partial charge in [0.2, 0.25) is 0 Å². The van der Waals surface area contributed by atoms with E-state index in [1.165, 1.54) is 12.4 Å². The van der Waals surface area contributed by atoms with Crippen LogP contribution < -0.4 is 5.32 Å². The Hall–Kier alpha value is -1.53. The van der Waals surface area contributed by atoms with E-state index in [2.05, 4.69) is 34.0 Å². The van der Waals surface area contributed by atoms with Crippen LogP contribution in [0.4, 0.5) is 0 Å². The molecule has 1 amide bonds. The van der Waals surface area contributed by atoms with Gasteiger partial charge in [-0.05, 0) is 13.3 Å². The summed E-state index contributed by atoms with van der Waals surface area (Å²) in [6.07, 6.45) is 5.53. The summed E-state index contributed by atoms with van der Waals surface area (Å²) in [5.41, 5.74) is 0.301. The Bertz CT molecular complexity index is 434. The van der Waals surface area contributed by atoms with E-state index in [1.807, 2.05) is 0 Å². The largest absolute Gasteiger partial charge is 0.379 e. The first kappa shape index (κ1) is 14.9. The van der Waals surface area contributed by atoms with E-state index < -0.39 is 0 Å². The molecule has 0 aliphatic carbocycles. The van der Waals surface area contributed by atoms with Crippen LogP contribution in [0.15, 0.2) is 18.6 Å². The standard InChI is InChI=1S/C14H22N4O2/c1-3-14(2,18-6-8-20-9-7-18)11-17-13(19)12-10-15-4-5-16-12/h4-5,10H,3,6-9,11H2,1-2H3,(H,17,19). The van der Waals surface area contributed by atoms with Crippen molar-refractivity contribution < 1.29 is 9.53 Å². The van der Waals surface area contributed by atoms with Gasteiger partial charge in [0.05, 0.1) is 19.4 Å². The van der Waals surface area contributed by atoms with E-state index in [0.717, 1.165) is 32.7 Å². The summed E-state index contributed by atoms with van der Waals surface area (Å²) in [5, 5.41) is 2.96. The Morgan fingerprint density at radius 2 is 2.20 bits per heavy atom. The van der Waals surface area contributed by atoms with Crippen molar-refractivity contribution in [1.29, 1.82) is 0 Å². The summed E-state index contributed by atoms with van der Waals surface area (Å²) in [4.78, 5) is 22.3. The van der Waals surface area contributed by atoms with Gasteiger partial charge in [-0.2, -0.15) is 0 Å². The van der Waals surface area contributed by atoms with Crippen LogP contribution >= 0.6 is 0 Å². The predicted molar refractivity (Wildman–Crippen MR) is 75.5 cm³/mol. The molecule has 20 heavy (non-hydrogen) atoms. The second-order valence-electron chi connectivity index (χ2n) is 5.22. The molecule has 1 fully saturated rings. The molecule has 6 nitrogen and oxygen atoms in total. The number of nitrogens with zero attached hydrogens (tertiary/aromatic N) is 3. The molecule has 1 aliphatic rings. The molecule has 0 saturated carbocycles. The fourth-order valence-corrected chi connectivity index (χ4v) is 2.34. The highest BCUT2D eigenvalue weighted by Crippen LogP contribution is 2.20. The molecule has 1 atom stereocenters. The molecule has 1 saturated heterocycles. The zero-order valence-corrected chi connectivity index (χ0v) is 12.1. The highest BCUT2D eigenvalue weighted by molar-refractivity contribution is 5.91. The summed E-state index contributed by atoms with van der Waals surface area (Å²) in [7, 11) is 0. The summed E-state index contributed by atoms with van der Waals surface area (Å²) >= 11 is 0. The average molecular weight is 278 g/mol. The number of ether oxygens (including phenoxy) is 1. The van der Waals surface area contributed by atoms with Gasteiger partial charge in [-0.15, -0.1) is 0 Å². The van der Waals surface area contributed by atoms with E-state index >= 15 is 0 Å². The summed E-state index contributed by atoms with van der Waals surface area (Å²) in [5.74, 6) is -0.175. The molecule has 2 rings (SSSR count). The number of hydrogen-bond donors (Lipinski definition) is 1. The molecular weight excluding hydrogens is 256 g/mol. The maximum absolute atomic E-state index is 12.0. The lowest BCUT2D eigenvalue weighted by Gasteiger charge is -2.43. The topological polar surface area (TPSA) is 67.4 Å². The number of carbonyl (C=O) groups is 1. The van der Waals surface area contributed by atoms with Crippen LogP contribution in [0.3, 0.4) is 0 Å². The first-order chi connectivity index (χ1) is 9.65. The highest BCUT2D eigenvalue weighted by atomic mass is 16.5. The van der Waals surface area contributed by atoms with Crippen LogP contribution in [0.5, 0.6) is 0 Å². The molecule has 1 aliphatic heterocycles. The normalized spacial score (nSPS) is 19.3. The van der Waals surface area contributed by atoms with Crippen LogP contribution in [0, 0.1) is 0 Å². The summed E-state index contributed by atoms with van der Waals surface area (Å²) < 4.78 is 5.39. The first-order valence-electron chi connectivity index (χ1n) is 7.03. The Morgan fingerprint density at radius 3 is 2.80 bits per heavy atom. The van der Waals surface area contributed by atoms with Gasteiger partial charge in [-0.25, -0.2) is 4.98 Å². The third-order valence-electron chi connectivity index (χ3n) is 3.96. The maximum Gasteiger partial charge on any atom is 0.271 e. The van der Waals surface area contributed by atoms with E-state index in [9.17, 15) is 4.79 Å². The number of hydrogen-bond acceptors (Lipinski definition) is 5. The van der Waals surface area contributed by atoms with Crippen molar-refractivity contribution in [3.8, 4) is 0 Å². The minimum Gasteiger partial charge on any atom is -0.379 e. The van der Waals surface area contributed by atoms with Gasteiger partial charge in [-0.1, -0.05) is 6.92 Å². The maximum atomic E-state index is 12.0. The molecule has 0 spiro atoms. The molecular formula is C14H22N4O2. The molecule has 1 aromatic rings. The van der Waals surface area contributed by atoms with Gasteiger partial charge >= 0.3 is 0 Å². The lowest BCUT2D eigenvalue weighted by Crippen LogP contribution is -2.56. The lowest BCUT2D eigenvalue weighted by atomic mass is 9.95. The van der Waals surface area contributed by atoms with Gasteiger partial charge in [-0.3, -0.25) is 14.7 Å². The minimum absolute atomic E-state index is 0.0539. The first-order valence-corrected chi connectivity index (χ1v) is 7.03. The fourth-order valence-electron chi connectivity index (χ4n) is 2.34. The van der Waals surface area contributed by atoms with Crippen molar-refractivity contribution in [1.82, 2.24) is 20.2 Å². The fraction of sp³-hybridized carbons (Fsp3) is 0.643. The number of morpholine rings is 1. The van der Waals surface area contributed by atoms with Gasteiger partial charge in [0.25, 0.3) is 5.91 Å². The van der Waals surface area contributed by atoms with Crippen molar-refractivity contribution in [3.63, 3.8) is 0 Å². The van der Waals surface area contributed by atoms with E-state index in [1.54, 1.807) is 6.20 Å². The lowest BCUT2D eigenvalue weighted by molar-refractivity contribution is -0.0169. The van der Waals surface area contributed by atoms with Crippen LogP contribution in [0.2, 0.25) is 0 Å². The monoisotopic (exact) mass is 278 g/mol. The van der Waals surface area contributed by atoms with E-state index in [-0.39, 0.29) is 11.4 Å². The van der Waals surface area contributed by atoms with Crippen molar-refractivity contribution in [2.24, 2.45) is 0 Å². The zero-order valence-electron chi connectivity index (χ0n) is 12.1. The number of nitrogens with one attached hydrogen (secondary N) is 1. The number of rotatable bonds is 5. The van der Waals surface area contributed by atoms with Crippen molar-refractivity contribution in [3.05, 3.63) is 24.3 Å². The number of carbonyl (C=O) groups excluding carboxylic acids is 1. The van der Waals surface area contributed by atoms with Gasteiger partial charge < -0.3 is 10.1 Å².